The summed E-state index contributed by atoms with van der Waals surface area (Å²) in [5, 5.41) is 12.2. The van der Waals surface area contributed by atoms with Gasteiger partial charge in [-0.2, -0.15) is 0 Å². The van der Waals surface area contributed by atoms with Crippen LogP contribution in [0.4, 0.5) is 0 Å². The van der Waals surface area contributed by atoms with E-state index in [2.05, 4.69) is 10.2 Å². The summed E-state index contributed by atoms with van der Waals surface area (Å²) in [6.07, 6.45) is 4.01. The number of hydrogen-bond donors (Lipinski definition) is 2. The van der Waals surface area contributed by atoms with Crippen molar-refractivity contribution in [2.24, 2.45) is 5.92 Å². The highest BCUT2D eigenvalue weighted by atomic mass is 16.3. The van der Waals surface area contributed by atoms with Crippen molar-refractivity contribution in [3.05, 3.63) is 0 Å². The zero-order valence-corrected chi connectivity index (χ0v) is 8.21. The second-order valence-corrected chi connectivity index (χ2v) is 4.30. The van der Waals surface area contributed by atoms with Crippen LogP contribution in [0.3, 0.4) is 0 Å². The van der Waals surface area contributed by atoms with Gasteiger partial charge in [-0.25, -0.2) is 0 Å². The Bertz CT molecular complexity index is 155. The topological polar surface area (TPSA) is 35.5 Å². The Balaban J connectivity index is 1.63. The maximum absolute atomic E-state index is 8.90. The SMILES string of the molecule is OCCN(CCC1CNC1)C1CC1. The molecule has 0 spiro atoms. The molecule has 3 heteroatoms. The van der Waals surface area contributed by atoms with E-state index >= 15 is 0 Å². The summed E-state index contributed by atoms with van der Waals surface area (Å²) < 4.78 is 0. The van der Waals surface area contributed by atoms with Crippen molar-refractivity contribution < 1.29 is 5.11 Å². The Hall–Kier alpha value is -0.120. The molecule has 2 N–H and O–H groups in total. The number of nitrogens with zero attached hydrogens (tertiary/aromatic N) is 1. The maximum atomic E-state index is 8.90. The van der Waals surface area contributed by atoms with Gasteiger partial charge in [0.05, 0.1) is 6.61 Å². The van der Waals surface area contributed by atoms with Gasteiger partial charge in [-0.3, -0.25) is 4.90 Å². The molecule has 1 saturated heterocycles. The van der Waals surface area contributed by atoms with E-state index in [0.29, 0.717) is 6.61 Å². The Morgan fingerprint density at radius 2 is 2.00 bits per heavy atom. The van der Waals surface area contributed by atoms with Crippen LogP contribution in [0.5, 0.6) is 0 Å². The molecule has 0 aromatic carbocycles. The van der Waals surface area contributed by atoms with Crippen molar-refractivity contribution in [2.75, 3.05) is 32.8 Å². The molecule has 1 saturated carbocycles. The first-order valence-corrected chi connectivity index (χ1v) is 5.46. The molecule has 1 heterocycles. The average Bonchev–Trinajstić information content (AvgIpc) is 2.82. The minimum absolute atomic E-state index is 0.319. The fourth-order valence-corrected chi connectivity index (χ4v) is 1.95. The van der Waals surface area contributed by atoms with Crippen LogP contribution in [0.1, 0.15) is 19.3 Å². The monoisotopic (exact) mass is 184 g/mol. The Kier molecular flexibility index (Phi) is 3.19. The maximum Gasteiger partial charge on any atom is 0.0558 e. The van der Waals surface area contributed by atoms with Crippen LogP contribution in [0.15, 0.2) is 0 Å². The summed E-state index contributed by atoms with van der Waals surface area (Å²) in [5.41, 5.74) is 0. The lowest BCUT2D eigenvalue weighted by molar-refractivity contribution is 0.171. The third-order valence-corrected chi connectivity index (χ3v) is 3.14. The lowest BCUT2D eigenvalue weighted by atomic mass is 9.99. The van der Waals surface area contributed by atoms with Crippen LogP contribution < -0.4 is 5.32 Å². The van der Waals surface area contributed by atoms with E-state index in [9.17, 15) is 0 Å². The third kappa shape index (κ3) is 2.66. The van der Waals surface area contributed by atoms with E-state index in [0.717, 1.165) is 18.5 Å². The van der Waals surface area contributed by atoms with E-state index in [1.807, 2.05) is 0 Å². The van der Waals surface area contributed by atoms with Crippen LogP contribution in [-0.2, 0) is 0 Å². The van der Waals surface area contributed by atoms with E-state index < -0.39 is 0 Å². The lowest BCUT2D eigenvalue weighted by Crippen LogP contribution is -2.44. The van der Waals surface area contributed by atoms with Crippen LogP contribution >= 0.6 is 0 Å². The minimum atomic E-state index is 0.319. The van der Waals surface area contributed by atoms with Crippen molar-refractivity contribution in [2.45, 2.75) is 25.3 Å². The third-order valence-electron chi connectivity index (χ3n) is 3.14. The Morgan fingerprint density at radius 1 is 1.23 bits per heavy atom. The Labute approximate surface area is 80.1 Å². The highest BCUT2D eigenvalue weighted by molar-refractivity contribution is 4.85. The molecule has 2 aliphatic rings. The molecule has 0 amide bonds. The summed E-state index contributed by atoms with van der Waals surface area (Å²) in [6, 6.07) is 0.806. The van der Waals surface area contributed by atoms with E-state index in [1.54, 1.807) is 0 Å². The molecular formula is C10H20N2O. The lowest BCUT2D eigenvalue weighted by Gasteiger charge is -2.30. The minimum Gasteiger partial charge on any atom is -0.395 e. The van der Waals surface area contributed by atoms with Crippen LogP contribution in [0.2, 0.25) is 0 Å². The first-order valence-electron chi connectivity index (χ1n) is 5.46. The highest BCUT2D eigenvalue weighted by Crippen LogP contribution is 2.27. The number of rotatable bonds is 6. The summed E-state index contributed by atoms with van der Waals surface area (Å²) in [5.74, 6) is 0.903. The molecule has 2 rings (SSSR count). The molecule has 1 aliphatic carbocycles. The van der Waals surface area contributed by atoms with E-state index in [1.165, 1.54) is 38.9 Å². The van der Waals surface area contributed by atoms with Crippen molar-refractivity contribution in [3.8, 4) is 0 Å². The summed E-state index contributed by atoms with van der Waals surface area (Å²) in [7, 11) is 0. The van der Waals surface area contributed by atoms with E-state index in [-0.39, 0.29) is 0 Å². The predicted molar refractivity (Wildman–Crippen MR) is 52.7 cm³/mol. The quantitative estimate of drug-likeness (QED) is 0.612. The molecule has 0 unspecified atom stereocenters. The standard InChI is InChI=1S/C10H20N2O/c13-6-5-12(10-1-2-10)4-3-9-7-11-8-9/h9-11,13H,1-8H2. The van der Waals surface area contributed by atoms with Crippen molar-refractivity contribution >= 4 is 0 Å². The van der Waals surface area contributed by atoms with Gasteiger partial charge in [0.25, 0.3) is 0 Å². The smallest absolute Gasteiger partial charge is 0.0558 e. The van der Waals surface area contributed by atoms with Crippen LogP contribution in [-0.4, -0.2) is 48.8 Å². The number of aliphatic hydroxyl groups excluding tert-OH is 1. The molecule has 1 aliphatic heterocycles. The fourth-order valence-electron chi connectivity index (χ4n) is 1.95. The van der Waals surface area contributed by atoms with Gasteiger partial charge in [0, 0.05) is 12.6 Å². The predicted octanol–water partition coefficient (Wildman–Crippen LogP) is 0.0526. The van der Waals surface area contributed by atoms with Gasteiger partial charge in [0.15, 0.2) is 0 Å². The molecule has 3 nitrogen and oxygen atoms in total. The van der Waals surface area contributed by atoms with Gasteiger partial charge in [-0.15, -0.1) is 0 Å². The summed E-state index contributed by atoms with van der Waals surface area (Å²) in [4.78, 5) is 2.46. The normalized spacial score (nSPS) is 23.5. The van der Waals surface area contributed by atoms with Gasteiger partial charge < -0.3 is 10.4 Å². The zero-order valence-electron chi connectivity index (χ0n) is 8.21. The highest BCUT2D eigenvalue weighted by Gasteiger charge is 2.29. The number of aliphatic hydroxyl groups is 1. The molecule has 2 fully saturated rings. The molecule has 0 bridgehead atoms. The average molecular weight is 184 g/mol. The van der Waals surface area contributed by atoms with Crippen LogP contribution in [0, 0.1) is 5.92 Å². The second-order valence-electron chi connectivity index (χ2n) is 4.30. The van der Waals surface area contributed by atoms with Gasteiger partial charge >= 0.3 is 0 Å². The van der Waals surface area contributed by atoms with E-state index in [4.69, 9.17) is 5.11 Å². The molecular weight excluding hydrogens is 164 g/mol. The Morgan fingerprint density at radius 3 is 2.46 bits per heavy atom. The number of hydrogen-bond acceptors (Lipinski definition) is 3. The first kappa shape index (κ1) is 9.44. The zero-order chi connectivity index (χ0) is 9.10. The summed E-state index contributed by atoms with van der Waals surface area (Å²) in [6.45, 7) is 4.80. The van der Waals surface area contributed by atoms with Gasteiger partial charge in [0.1, 0.15) is 0 Å². The molecule has 76 valence electrons. The van der Waals surface area contributed by atoms with Crippen molar-refractivity contribution in [3.63, 3.8) is 0 Å². The van der Waals surface area contributed by atoms with Crippen molar-refractivity contribution in [1.82, 2.24) is 10.2 Å². The molecule has 0 aromatic rings. The van der Waals surface area contributed by atoms with Gasteiger partial charge in [-0.1, -0.05) is 0 Å². The van der Waals surface area contributed by atoms with Crippen LogP contribution in [0.25, 0.3) is 0 Å². The number of nitrogens with one attached hydrogen (secondary N) is 1. The van der Waals surface area contributed by atoms with Gasteiger partial charge in [0.2, 0.25) is 0 Å². The van der Waals surface area contributed by atoms with Crippen molar-refractivity contribution in [1.29, 1.82) is 0 Å². The van der Waals surface area contributed by atoms with Gasteiger partial charge in [-0.05, 0) is 44.8 Å². The largest absolute Gasteiger partial charge is 0.395 e. The molecule has 0 atom stereocenters. The summed E-state index contributed by atoms with van der Waals surface area (Å²) >= 11 is 0. The fraction of sp³-hybridized carbons (Fsp3) is 1.00. The second kappa shape index (κ2) is 4.40. The molecule has 0 radical (unpaired) electrons. The molecule has 0 aromatic heterocycles. The molecule has 13 heavy (non-hydrogen) atoms. The first-order chi connectivity index (χ1) is 6.40.